The molecule has 10 aromatic carbocycles. The van der Waals surface area contributed by atoms with Crippen LogP contribution in [0.4, 0.5) is 17.1 Å². The van der Waals surface area contributed by atoms with Crippen LogP contribution >= 0.6 is 11.3 Å². The Labute approximate surface area is 346 Å². The molecule has 276 valence electrons. The number of hydrogen-bond donors (Lipinski definition) is 0. The zero-order valence-corrected chi connectivity index (χ0v) is 32.9. The number of nitrogens with zero attached hydrogens (tertiary/aromatic N) is 2. The van der Waals surface area contributed by atoms with Crippen LogP contribution in [0.2, 0.25) is 0 Å². The maximum absolute atomic E-state index is 2.43. The Morgan fingerprint density at radius 3 is 1.75 bits per heavy atom. The summed E-state index contributed by atoms with van der Waals surface area (Å²) in [5.41, 5.74) is 11.8. The first-order valence-electron chi connectivity index (χ1n) is 20.2. The van der Waals surface area contributed by atoms with Crippen molar-refractivity contribution in [3.05, 3.63) is 218 Å². The highest BCUT2D eigenvalue weighted by molar-refractivity contribution is 7.26. The molecular weight excluding hydrogens is 733 g/mol. The number of rotatable bonds is 6. The van der Waals surface area contributed by atoms with Crippen molar-refractivity contribution < 1.29 is 0 Å². The fourth-order valence-corrected chi connectivity index (χ4v) is 10.4. The zero-order chi connectivity index (χ0) is 38.9. The minimum Gasteiger partial charge on any atom is -0.309 e. The van der Waals surface area contributed by atoms with Gasteiger partial charge in [-0.2, -0.15) is 0 Å². The van der Waals surface area contributed by atoms with Gasteiger partial charge < -0.3 is 9.47 Å². The Morgan fingerprint density at radius 1 is 0.356 bits per heavy atom. The number of anilines is 3. The van der Waals surface area contributed by atoms with Crippen LogP contribution in [0.15, 0.2) is 218 Å². The van der Waals surface area contributed by atoms with E-state index in [1.807, 2.05) is 11.3 Å². The van der Waals surface area contributed by atoms with Crippen molar-refractivity contribution in [1.82, 2.24) is 4.57 Å². The molecule has 3 heteroatoms. The fraction of sp³-hybridized carbons (Fsp3) is 0. The summed E-state index contributed by atoms with van der Waals surface area (Å²) in [7, 11) is 0. The van der Waals surface area contributed by atoms with Crippen molar-refractivity contribution in [3.8, 4) is 27.9 Å². The lowest BCUT2D eigenvalue weighted by Crippen LogP contribution is -2.10. The number of fused-ring (bicyclic) bond motifs is 9. The lowest BCUT2D eigenvalue weighted by molar-refractivity contribution is 1.18. The summed E-state index contributed by atoms with van der Waals surface area (Å²) in [4.78, 5) is 2.43. The Bertz CT molecular complexity index is 3540. The van der Waals surface area contributed by atoms with E-state index in [2.05, 4.69) is 228 Å². The van der Waals surface area contributed by atoms with E-state index in [-0.39, 0.29) is 0 Å². The number of thiophene rings is 1. The second-order valence-corrected chi connectivity index (χ2v) is 16.3. The van der Waals surface area contributed by atoms with Crippen molar-refractivity contribution in [2.75, 3.05) is 4.90 Å². The van der Waals surface area contributed by atoms with E-state index in [1.54, 1.807) is 0 Å². The standard InChI is InChI=1S/C56H36N2S/c1-2-14-41(15-3-1)58-52-22-10-8-19-47(52)51-35-39(29-34-53(51)58)37-25-30-42(31-26-37)57(54-23-12-21-49-48-20-9-11-24-55(48)59-56(49)54)43-32-27-38(28-33-43)50-36-40-13-4-5-16-44(40)45-17-6-7-18-46(45)50/h1-36H. The summed E-state index contributed by atoms with van der Waals surface area (Å²) in [5.74, 6) is 0. The molecule has 0 saturated heterocycles. The van der Waals surface area contributed by atoms with Crippen LogP contribution < -0.4 is 4.90 Å². The predicted molar refractivity (Wildman–Crippen MR) is 254 cm³/mol. The number of benzene rings is 10. The van der Waals surface area contributed by atoms with Gasteiger partial charge in [0.05, 0.1) is 21.4 Å². The average molecular weight is 769 g/mol. The molecule has 0 aliphatic carbocycles. The Morgan fingerprint density at radius 2 is 0.949 bits per heavy atom. The van der Waals surface area contributed by atoms with Gasteiger partial charge in [-0.25, -0.2) is 0 Å². The summed E-state index contributed by atoms with van der Waals surface area (Å²) in [6.45, 7) is 0. The van der Waals surface area contributed by atoms with Crippen molar-refractivity contribution in [2.24, 2.45) is 0 Å². The molecule has 0 N–H and O–H groups in total. The molecule has 0 aliphatic heterocycles. The predicted octanol–water partition coefficient (Wildman–Crippen LogP) is 16.3. The second-order valence-electron chi connectivity index (χ2n) is 15.3. The molecule has 0 saturated carbocycles. The number of hydrogen-bond acceptors (Lipinski definition) is 2. The normalized spacial score (nSPS) is 11.7. The summed E-state index contributed by atoms with van der Waals surface area (Å²) in [6, 6.07) is 79.9. The summed E-state index contributed by atoms with van der Waals surface area (Å²) in [5, 5.41) is 10.2. The van der Waals surface area contributed by atoms with E-state index >= 15 is 0 Å². The summed E-state index contributed by atoms with van der Waals surface area (Å²) < 4.78 is 4.95. The molecule has 0 amide bonds. The average Bonchev–Trinajstić information content (AvgIpc) is 3.86. The molecule has 0 atom stereocenters. The van der Waals surface area contributed by atoms with Crippen LogP contribution in [0.25, 0.3) is 91.5 Å². The van der Waals surface area contributed by atoms with E-state index < -0.39 is 0 Å². The van der Waals surface area contributed by atoms with E-state index in [4.69, 9.17) is 0 Å². The van der Waals surface area contributed by atoms with Gasteiger partial charge in [0.1, 0.15) is 0 Å². The van der Waals surface area contributed by atoms with E-state index in [9.17, 15) is 0 Å². The molecule has 2 aromatic heterocycles. The van der Waals surface area contributed by atoms with Crippen LogP contribution in [0, 0.1) is 0 Å². The number of aromatic nitrogens is 1. The Hall–Kier alpha value is -7.46. The lowest BCUT2D eigenvalue weighted by Gasteiger charge is -2.26. The Kier molecular flexibility index (Phi) is 7.75. The quantitative estimate of drug-likeness (QED) is 0.153. The highest BCUT2D eigenvalue weighted by atomic mass is 32.1. The van der Waals surface area contributed by atoms with E-state index in [0.29, 0.717) is 0 Å². The number of para-hydroxylation sites is 2. The molecule has 59 heavy (non-hydrogen) atoms. The van der Waals surface area contributed by atoms with Crippen LogP contribution in [-0.4, -0.2) is 4.57 Å². The molecule has 0 fully saturated rings. The topological polar surface area (TPSA) is 8.17 Å². The van der Waals surface area contributed by atoms with Gasteiger partial charge >= 0.3 is 0 Å². The highest BCUT2D eigenvalue weighted by Gasteiger charge is 2.19. The van der Waals surface area contributed by atoms with Crippen LogP contribution in [0.5, 0.6) is 0 Å². The van der Waals surface area contributed by atoms with Gasteiger partial charge in [-0.1, -0.05) is 146 Å². The smallest absolute Gasteiger partial charge is 0.0640 e. The van der Waals surface area contributed by atoms with Crippen LogP contribution in [0.3, 0.4) is 0 Å². The van der Waals surface area contributed by atoms with Crippen LogP contribution in [0.1, 0.15) is 0 Å². The fourth-order valence-electron chi connectivity index (χ4n) is 9.23. The van der Waals surface area contributed by atoms with Gasteiger partial charge in [0, 0.05) is 43.3 Å². The molecule has 0 radical (unpaired) electrons. The highest BCUT2D eigenvalue weighted by Crippen LogP contribution is 2.46. The van der Waals surface area contributed by atoms with Crippen molar-refractivity contribution >= 4 is 91.9 Å². The molecule has 0 spiro atoms. The molecule has 2 heterocycles. The van der Waals surface area contributed by atoms with Gasteiger partial charge in [-0.15, -0.1) is 11.3 Å². The van der Waals surface area contributed by atoms with Crippen molar-refractivity contribution in [2.45, 2.75) is 0 Å². The van der Waals surface area contributed by atoms with Crippen molar-refractivity contribution in [1.29, 1.82) is 0 Å². The van der Waals surface area contributed by atoms with Gasteiger partial charge in [0.15, 0.2) is 0 Å². The SMILES string of the molecule is c1ccc(-n2c3ccccc3c3cc(-c4ccc(N(c5ccc(-c6cc7ccccc7c7ccccc67)cc5)c5cccc6c5sc5ccccc56)cc4)ccc32)cc1. The molecule has 2 nitrogen and oxygen atoms in total. The van der Waals surface area contributed by atoms with E-state index in [0.717, 1.165) is 11.4 Å². The van der Waals surface area contributed by atoms with Gasteiger partial charge in [0.2, 0.25) is 0 Å². The molecule has 0 aliphatic rings. The monoisotopic (exact) mass is 768 g/mol. The first-order valence-corrected chi connectivity index (χ1v) is 21.0. The molecular formula is C56H36N2S. The van der Waals surface area contributed by atoms with Crippen molar-refractivity contribution in [3.63, 3.8) is 0 Å². The third-order valence-electron chi connectivity index (χ3n) is 12.0. The minimum atomic E-state index is 1.12. The van der Waals surface area contributed by atoms with Gasteiger partial charge in [-0.3, -0.25) is 0 Å². The third kappa shape index (κ3) is 5.47. The third-order valence-corrected chi connectivity index (χ3v) is 13.2. The van der Waals surface area contributed by atoms with Gasteiger partial charge in [0.25, 0.3) is 0 Å². The summed E-state index contributed by atoms with van der Waals surface area (Å²) >= 11 is 1.87. The van der Waals surface area contributed by atoms with Crippen LogP contribution in [-0.2, 0) is 0 Å². The Balaban J connectivity index is 0.986. The van der Waals surface area contributed by atoms with E-state index in [1.165, 1.54) is 97.2 Å². The maximum atomic E-state index is 2.43. The molecule has 0 bridgehead atoms. The maximum Gasteiger partial charge on any atom is 0.0640 e. The zero-order valence-electron chi connectivity index (χ0n) is 32.1. The molecule has 12 rings (SSSR count). The largest absolute Gasteiger partial charge is 0.309 e. The minimum absolute atomic E-state index is 1.12. The first-order chi connectivity index (χ1) is 29.3. The second kappa shape index (κ2) is 13.6. The summed E-state index contributed by atoms with van der Waals surface area (Å²) in [6.07, 6.45) is 0. The molecule has 0 unspecified atom stereocenters. The first kappa shape index (κ1) is 33.7. The van der Waals surface area contributed by atoms with Gasteiger partial charge in [-0.05, 0) is 117 Å². The molecule has 12 aromatic rings. The lowest BCUT2D eigenvalue weighted by atomic mass is 9.93.